The van der Waals surface area contributed by atoms with Crippen molar-refractivity contribution in [1.29, 1.82) is 0 Å². The quantitative estimate of drug-likeness (QED) is 0.391. The molecule has 0 unspecified atom stereocenters. The molecule has 2 aromatic rings. The van der Waals surface area contributed by atoms with Crippen LogP contribution in [0.25, 0.3) is 5.57 Å². The third-order valence-electron chi connectivity index (χ3n) is 4.93. The van der Waals surface area contributed by atoms with Crippen molar-refractivity contribution in [1.82, 2.24) is 4.90 Å². The van der Waals surface area contributed by atoms with Gasteiger partial charge in [-0.2, -0.15) is 0 Å². The molecule has 0 N–H and O–H groups in total. The number of thioether (sulfide) groups is 1. The summed E-state index contributed by atoms with van der Waals surface area (Å²) in [6.07, 6.45) is 0.726. The van der Waals surface area contributed by atoms with Gasteiger partial charge < -0.3 is 4.74 Å². The van der Waals surface area contributed by atoms with Gasteiger partial charge >= 0.3 is 0 Å². The van der Waals surface area contributed by atoms with Gasteiger partial charge in [0.05, 0.1) is 16.6 Å². The summed E-state index contributed by atoms with van der Waals surface area (Å²) in [5.41, 5.74) is 3.47. The normalized spacial score (nSPS) is 14.4. The van der Waals surface area contributed by atoms with Crippen molar-refractivity contribution < 1.29 is 14.3 Å². The summed E-state index contributed by atoms with van der Waals surface area (Å²) < 4.78 is 5.57. The number of nitrogens with zero attached hydrogens (tertiary/aromatic N) is 1. The third-order valence-corrected chi connectivity index (χ3v) is 6.27. The van der Waals surface area contributed by atoms with Crippen LogP contribution in [-0.4, -0.2) is 36.0 Å². The maximum atomic E-state index is 13.3. The molecule has 4 nitrogen and oxygen atoms in total. The Morgan fingerprint density at radius 3 is 2.33 bits per heavy atom. The Bertz CT molecular complexity index is 982. The standard InChI is InChI=1S/C24H26ClNO3S/c1-15(2)29-13-5-12-26-23(27)21(18-7-6-16(3)17(4)14-18)22(24(26)28)30-20-10-8-19(25)9-11-20/h6-11,14-15H,5,12-13H2,1-4H3. The maximum absolute atomic E-state index is 13.3. The van der Waals surface area contributed by atoms with Crippen molar-refractivity contribution in [2.24, 2.45) is 0 Å². The Kier molecular flexibility index (Phi) is 7.40. The van der Waals surface area contributed by atoms with E-state index in [1.807, 2.05) is 58.0 Å². The molecule has 1 aliphatic rings. The molecule has 158 valence electrons. The number of hydrogen-bond acceptors (Lipinski definition) is 4. The highest BCUT2D eigenvalue weighted by atomic mass is 35.5. The van der Waals surface area contributed by atoms with Gasteiger partial charge in [-0.3, -0.25) is 14.5 Å². The van der Waals surface area contributed by atoms with Crippen molar-refractivity contribution in [2.75, 3.05) is 13.2 Å². The number of rotatable bonds is 8. The predicted molar refractivity (Wildman–Crippen MR) is 123 cm³/mol. The lowest BCUT2D eigenvalue weighted by Gasteiger charge is -2.16. The van der Waals surface area contributed by atoms with E-state index in [1.165, 1.54) is 16.7 Å². The number of imide groups is 1. The second-order valence-corrected chi connectivity index (χ2v) is 9.11. The monoisotopic (exact) mass is 443 g/mol. The summed E-state index contributed by atoms with van der Waals surface area (Å²) in [5.74, 6) is -0.498. The fourth-order valence-corrected chi connectivity index (χ4v) is 4.30. The summed E-state index contributed by atoms with van der Waals surface area (Å²) in [4.78, 5) is 29.1. The van der Waals surface area contributed by atoms with Crippen molar-refractivity contribution in [3.63, 3.8) is 0 Å². The molecular formula is C24H26ClNO3S. The zero-order valence-electron chi connectivity index (χ0n) is 17.7. The summed E-state index contributed by atoms with van der Waals surface area (Å²) in [6.45, 7) is 8.81. The number of halogens is 1. The van der Waals surface area contributed by atoms with Gasteiger partial charge in [0, 0.05) is 23.1 Å². The lowest BCUT2D eigenvalue weighted by atomic mass is 10.0. The van der Waals surface area contributed by atoms with Gasteiger partial charge in [-0.1, -0.05) is 41.6 Å². The van der Waals surface area contributed by atoms with E-state index in [4.69, 9.17) is 16.3 Å². The number of hydrogen-bond donors (Lipinski definition) is 0. The summed E-state index contributed by atoms with van der Waals surface area (Å²) in [6, 6.07) is 13.1. The molecule has 2 amide bonds. The molecule has 0 saturated carbocycles. The second kappa shape index (κ2) is 9.82. The Balaban J connectivity index is 1.92. The van der Waals surface area contributed by atoms with E-state index in [-0.39, 0.29) is 17.9 Å². The molecule has 1 heterocycles. The van der Waals surface area contributed by atoms with Crippen LogP contribution in [0.15, 0.2) is 52.3 Å². The molecule has 2 aromatic carbocycles. The van der Waals surface area contributed by atoms with Gasteiger partial charge in [0.15, 0.2) is 0 Å². The predicted octanol–water partition coefficient (Wildman–Crippen LogP) is 5.64. The van der Waals surface area contributed by atoms with Crippen LogP contribution in [0, 0.1) is 13.8 Å². The molecule has 1 aliphatic heterocycles. The molecule has 3 rings (SSSR count). The number of carbonyl (C=O) groups is 2. The maximum Gasteiger partial charge on any atom is 0.268 e. The summed E-state index contributed by atoms with van der Waals surface area (Å²) in [5, 5.41) is 0.628. The molecule has 0 aromatic heterocycles. The number of amides is 2. The van der Waals surface area contributed by atoms with Crippen molar-refractivity contribution in [2.45, 2.75) is 45.1 Å². The molecule has 0 bridgehead atoms. The molecule has 0 atom stereocenters. The van der Waals surface area contributed by atoms with Crippen LogP contribution in [-0.2, 0) is 14.3 Å². The molecular weight excluding hydrogens is 418 g/mol. The molecule has 6 heteroatoms. The highest BCUT2D eigenvalue weighted by Crippen LogP contribution is 2.40. The molecule has 0 fully saturated rings. The number of aryl methyl sites for hydroxylation is 2. The van der Waals surface area contributed by atoms with Gasteiger partial charge in [-0.25, -0.2) is 0 Å². The van der Waals surface area contributed by atoms with E-state index < -0.39 is 0 Å². The first-order chi connectivity index (χ1) is 14.3. The zero-order valence-corrected chi connectivity index (χ0v) is 19.3. The van der Waals surface area contributed by atoms with E-state index >= 15 is 0 Å². The lowest BCUT2D eigenvalue weighted by Crippen LogP contribution is -2.33. The Morgan fingerprint density at radius 2 is 1.70 bits per heavy atom. The van der Waals surface area contributed by atoms with Crippen LogP contribution >= 0.6 is 23.4 Å². The van der Waals surface area contributed by atoms with Crippen LogP contribution in [0.4, 0.5) is 0 Å². The fraction of sp³-hybridized carbons (Fsp3) is 0.333. The molecule has 30 heavy (non-hydrogen) atoms. The fourth-order valence-electron chi connectivity index (χ4n) is 3.17. The average molecular weight is 444 g/mol. The third kappa shape index (κ3) is 5.15. The Labute approximate surface area is 187 Å². The van der Waals surface area contributed by atoms with Crippen LogP contribution in [0.3, 0.4) is 0 Å². The van der Waals surface area contributed by atoms with Gasteiger partial charge in [-0.05, 0) is 75.1 Å². The lowest BCUT2D eigenvalue weighted by molar-refractivity contribution is -0.136. The van der Waals surface area contributed by atoms with Crippen LogP contribution in [0.1, 0.15) is 37.0 Å². The van der Waals surface area contributed by atoms with Gasteiger partial charge in [0.2, 0.25) is 0 Å². The topological polar surface area (TPSA) is 46.6 Å². The Morgan fingerprint density at radius 1 is 1.00 bits per heavy atom. The minimum atomic E-state index is -0.252. The van der Waals surface area contributed by atoms with E-state index in [0.29, 0.717) is 35.1 Å². The van der Waals surface area contributed by atoms with E-state index in [0.717, 1.165) is 21.6 Å². The molecule has 0 radical (unpaired) electrons. The summed E-state index contributed by atoms with van der Waals surface area (Å²) >= 11 is 7.30. The van der Waals surface area contributed by atoms with E-state index in [1.54, 1.807) is 12.1 Å². The largest absolute Gasteiger partial charge is 0.379 e. The number of carbonyl (C=O) groups excluding carboxylic acids is 2. The van der Waals surface area contributed by atoms with E-state index in [2.05, 4.69) is 0 Å². The SMILES string of the molecule is Cc1ccc(C2=C(Sc3ccc(Cl)cc3)C(=O)N(CCCOC(C)C)C2=O)cc1C. The number of ether oxygens (including phenoxy) is 1. The average Bonchev–Trinajstić information content (AvgIpc) is 2.93. The highest BCUT2D eigenvalue weighted by Gasteiger charge is 2.39. The van der Waals surface area contributed by atoms with Gasteiger partial charge in [-0.15, -0.1) is 0 Å². The summed E-state index contributed by atoms with van der Waals surface area (Å²) in [7, 11) is 0. The van der Waals surface area contributed by atoms with Crippen molar-refractivity contribution in [3.8, 4) is 0 Å². The first-order valence-electron chi connectivity index (χ1n) is 10.0. The molecule has 0 spiro atoms. The molecule has 0 saturated heterocycles. The Hall–Kier alpha value is -2.08. The van der Waals surface area contributed by atoms with E-state index in [9.17, 15) is 9.59 Å². The highest BCUT2D eigenvalue weighted by molar-refractivity contribution is 8.04. The smallest absolute Gasteiger partial charge is 0.268 e. The zero-order chi connectivity index (χ0) is 21.8. The van der Waals surface area contributed by atoms with Crippen LogP contribution < -0.4 is 0 Å². The minimum Gasteiger partial charge on any atom is -0.379 e. The van der Waals surface area contributed by atoms with Crippen molar-refractivity contribution >= 4 is 40.8 Å². The first-order valence-corrected chi connectivity index (χ1v) is 11.2. The van der Waals surface area contributed by atoms with Gasteiger partial charge in [0.25, 0.3) is 11.8 Å². The van der Waals surface area contributed by atoms with Crippen molar-refractivity contribution in [3.05, 3.63) is 69.1 Å². The minimum absolute atomic E-state index is 0.121. The van der Waals surface area contributed by atoms with Crippen LogP contribution in [0.5, 0.6) is 0 Å². The van der Waals surface area contributed by atoms with Gasteiger partial charge in [0.1, 0.15) is 0 Å². The number of benzene rings is 2. The second-order valence-electron chi connectivity index (χ2n) is 7.59. The molecule has 0 aliphatic carbocycles. The van der Waals surface area contributed by atoms with Crippen LogP contribution in [0.2, 0.25) is 5.02 Å². The first kappa shape index (κ1) is 22.6.